The van der Waals surface area contributed by atoms with Crippen molar-refractivity contribution in [1.82, 2.24) is 0 Å². The number of carbonyl (C=O) groups is 1. The van der Waals surface area contributed by atoms with Crippen molar-refractivity contribution in [1.29, 1.82) is 0 Å². The van der Waals surface area contributed by atoms with Crippen molar-refractivity contribution in [2.45, 2.75) is 19.8 Å². The maximum absolute atomic E-state index is 12.3. The normalized spacial score (nSPS) is 10.6. The van der Waals surface area contributed by atoms with E-state index in [1.165, 1.54) is 6.08 Å². The van der Waals surface area contributed by atoms with Crippen LogP contribution in [0.4, 0.5) is 5.69 Å². The predicted molar refractivity (Wildman–Crippen MR) is 104 cm³/mol. The standard InChI is InChI=1S/C21H25NO4/c1-4-5-14-26-19-9-7-6-8-18(19)22-21(23)13-11-16-10-12-17(24-2)15-20(16)25-3/h6-13,15H,4-5,14H2,1-3H3,(H,22,23)/b13-11+. The van der Waals surface area contributed by atoms with Crippen LogP contribution >= 0.6 is 0 Å². The smallest absolute Gasteiger partial charge is 0.248 e. The molecule has 1 amide bonds. The Labute approximate surface area is 154 Å². The molecule has 0 heterocycles. The molecule has 2 aromatic rings. The van der Waals surface area contributed by atoms with Gasteiger partial charge in [0.2, 0.25) is 5.91 Å². The number of nitrogens with one attached hydrogen (secondary N) is 1. The number of ether oxygens (including phenoxy) is 3. The third-order valence-electron chi connectivity index (χ3n) is 3.76. The van der Waals surface area contributed by atoms with E-state index in [1.54, 1.807) is 26.4 Å². The molecule has 2 rings (SSSR count). The summed E-state index contributed by atoms with van der Waals surface area (Å²) in [6.07, 6.45) is 5.20. The zero-order chi connectivity index (χ0) is 18.8. The van der Waals surface area contributed by atoms with E-state index in [0.717, 1.165) is 18.4 Å². The molecule has 5 nitrogen and oxygen atoms in total. The Morgan fingerprint density at radius 1 is 1.08 bits per heavy atom. The van der Waals surface area contributed by atoms with Gasteiger partial charge in [0, 0.05) is 17.7 Å². The van der Waals surface area contributed by atoms with E-state index in [1.807, 2.05) is 36.4 Å². The monoisotopic (exact) mass is 355 g/mol. The maximum Gasteiger partial charge on any atom is 0.248 e. The van der Waals surface area contributed by atoms with Gasteiger partial charge in [0.15, 0.2) is 0 Å². The summed E-state index contributed by atoms with van der Waals surface area (Å²) in [7, 11) is 3.17. The van der Waals surface area contributed by atoms with Crippen molar-refractivity contribution in [3.8, 4) is 17.2 Å². The number of amides is 1. The number of methoxy groups -OCH3 is 2. The van der Waals surface area contributed by atoms with Crippen molar-refractivity contribution in [3.63, 3.8) is 0 Å². The molecule has 2 aromatic carbocycles. The molecule has 0 aliphatic heterocycles. The van der Waals surface area contributed by atoms with Crippen molar-refractivity contribution in [3.05, 3.63) is 54.1 Å². The molecule has 26 heavy (non-hydrogen) atoms. The summed E-state index contributed by atoms with van der Waals surface area (Å²) < 4.78 is 16.2. The van der Waals surface area contributed by atoms with E-state index < -0.39 is 0 Å². The minimum absolute atomic E-state index is 0.241. The van der Waals surface area contributed by atoms with Crippen molar-refractivity contribution in [2.24, 2.45) is 0 Å². The largest absolute Gasteiger partial charge is 0.497 e. The SMILES string of the molecule is CCCCOc1ccccc1NC(=O)/C=C/c1ccc(OC)cc1OC. The lowest BCUT2D eigenvalue weighted by atomic mass is 10.1. The minimum Gasteiger partial charge on any atom is -0.497 e. The number of hydrogen-bond donors (Lipinski definition) is 1. The highest BCUT2D eigenvalue weighted by Crippen LogP contribution is 2.26. The zero-order valence-corrected chi connectivity index (χ0v) is 15.5. The Balaban J connectivity index is 2.06. The Morgan fingerprint density at radius 2 is 1.88 bits per heavy atom. The molecule has 0 radical (unpaired) electrons. The van der Waals surface area contributed by atoms with Gasteiger partial charge < -0.3 is 19.5 Å². The van der Waals surface area contributed by atoms with Crippen LogP contribution in [0.15, 0.2) is 48.5 Å². The fourth-order valence-corrected chi connectivity index (χ4v) is 2.32. The third-order valence-corrected chi connectivity index (χ3v) is 3.76. The zero-order valence-electron chi connectivity index (χ0n) is 15.5. The second kappa shape index (κ2) is 10.1. The molecule has 5 heteroatoms. The summed E-state index contributed by atoms with van der Waals surface area (Å²) in [5.41, 5.74) is 1.44. The Morgan fingerprint density at radius 3 is 2.62 bits per heavy atom. The van der Waals surface area contributed by atoms with Gasteiger partial charge in [-0.1, -0.05) is 25.5 Å². The van der Waals surface area contributed by atoms with Crippen LogP contribution in [0.5, 0.6) is 17.2 Å². The Kier molecular flexibility index (Phi) is 7.55. The van der Waals surface area contributed by atoms with E-state index >= 15 is 0 Å². The lowest BCUT2D eigenvalue weighted by Gasteiger charge is -2.11. The lowest BCUT2D eigenvalue weighted by molar-refractivity contribution is -0.111. The highest BCUT2D eigenvalue weighted by atomic mass is 16.5. The van der Waals surface area contributed by atoms with Crippen LogP contribution in [0.3, 0.4) is 0 Å². The molecule has 0 unspecified atom stereocenters. The fraction of sp³-hybridized carbons (Fsp3) is 0.286. The van der Waals surface area contributed by atoms with Crippen LogP contribution in [0.25, 0.3) is 6.08 Å². The lowest BCUT2D eigenvalue weighted by Crippen LogP contribution is -2.09. The van der Waals surface area contributed by atoms with E-state index in [9.17, 15) is 4.79 Å². The van der Waals surface area contributed by atoms with Crippen molar-refractivity contribution >= 4 is 17.7 Å². The number of carbonyl (C=O) groups excluding carboxylic acids is 1. The summed E-state index contributed by atoms with van der Waals surface area (Å²) in [5.74, 6) is 1.76. The highest BCUT2D eigenvalue weighted by molar-refractivity contribution is 6.02. The molecule has 138 valence electrons. The van der Waals surface area contributed by atoms with Gasteiger partial charge in [0.05, 0.1) is 26.5 Å². The summed E-state index contributed by atoms with van der Waals surface area (Å²) in [6, 6.07) is 12.8. The van der Waals surface area contributed by atoms with Crippen LogP contribution < -0.4 is 19.5 Å². The topological polar surface area (TPSA) is 56.8 Å². The van der Waals surface area contributed by atoms with Gasteiger partial charge >= 0.3 is 0 Å². The highest BCUT2D eigenvalue weighted by Gasteiger charge is 2.06. The quantitative estimate of drug-likeness (QED) is 0.530. The number of hydrogen-bond acceptors (Lipinski definition) is 4. The van der Waals surface area contributed by atoms with E-state index in [-0.39, 0.29) is 5.91 Å². The molecule has 0 saturated carbocycles. The molecular formula is C21H25NO4. The van der Waals surface area contributed by atoms with Crippen LogP contribution in [0.2, 0.25) is 0 Å². The molecule has 0 aliphatic rings. The molecule has 0 aromatic heterocycles. The van der Waals surface area contributed by atoms with Crippen LogP contribution in [-0.2, 0) is 4.79 Å². The van der Waals surface area contributed by atoms with E-state index in [0.29, 0.717) is 29.5 Å². The molecular weight excluding hydrogens is 330 g/mol. The van der Waals surface area contributed by atoms with Gasteiger partial charge in [-0.2, -0.15) is 0 Å². The van der Waals surface area contributed by atoms with Gasteiger partial charge in [-0.3, -0.25) is 4.79 Å². The Bertz CT molecular complexity index is 755. The van der Waals surface area contributed by atoms with Gasteiger partial charge in [-0.15, -0.1) is 0 Å². The predicted octanol–water partition coefficient (Wildman–Crippen LogP) is 4.53. The molecule has 1 N–H and O–H groups in total. The average molecular weight is 355 g/mol. The summed E-state index contributed by atoms with van der Waals surface area (Å²) in [5, 5.41) is 2.85. The minimum atomic E-state index is -0.241. The molecule has 0 saturated heterocycles. The van der Waals surface area contributed by atoms with Crippen LogP contribution in [0.1, 0.15) is 25.3 Å². The molecule has 0 spiro atoms. The number of rotatable bonds is 9. The van der Waals surface area contributed by atoms with Crippen LogP contribution in [-0.4, -0.2) is 26.7 Å². The van der Waals surface area contributed by atoms with Gasteiger partial charge in [0.1, 0.15) is 17.2 Å². The number of benzene rings is 2. The number of anilines is 1. The first kappa shape index (κ1) is 19.4. The molecule has 0 fully saturated rings. The maximum atomic E-state index is 12.3. The van der Waals surface area contributed by atoms with Crippen molar-refractivity contribution in [2.75, 3.05) is 26.1 Å². The number of unbranched alkanes of at least 4 members (excludes halogenated alkanes) is 1. The average Bonchev–Trinajstić information content (AvgIpc) is 2.67. The van der Waals surface area contributed by atoms with Gasteiger partial charge in [0.25, 0.3) is 0 Å². The number of para-hydroxylation sites is 2. The molecule has 0 aliphatic carbocycles. The van der Waals surface area contributed by atoms with Gasteiger partial charge in [-0.05, 0) is 36.8 Å². The van der Waals surface area contributed by atoms with E-state index in [4.69, 9.17) is 14.2 Å². The molecule has 0 bridgehead atoms. The van der Waals surface area contributed by atoms with Crippen LogP contribution in [0, 0.1) is 0 Å². The Hall–Kier alpha value is -2.95. The van der Waals surface area contributed by atoms with Gasteiger partial charge in [-0.25, -0.2) is 0 Å². The first-order valence-corrected chi connectivity index (χ1v) is 8.60. The van der Waals surface area contributed by atoms with Crippen molar-refractivity contribution < 1.29 is 19.0 Å². The summed E-state index contributed by atoms with van der Waals surface area (Å²) >= 11 is 0. The first-order chi connectivity index (χ1) is 12.7. The summed E-state index contributed by atoms with van der Waals surface area (Å²) in [4.78, 5) is 12.3. The third kappa shape index (κ3) is 5.55. The summed E-state index contributed by atoms with van der Waals surface area (Å²) in [6.45, 7) is 2.73. The van der Waals surface area contributed by atoms with E-state index in [2.05, 4.69) is 12.2 Å². The fourth-order valence-electron chi connectivity index (χ4n) is 2.32. The first-order valence-electron chi connectivity index (χ1n) is 8.60. The second-order valence-electron chi connectivity index (χ2n) is 5.63. The molecule has 0 atom stereocenters. The second-order valence-corrected chi connectivity index (χ2v) is 5.63.